The summed E-state index contributed by atoms with van der Waals surface area (Å²) in [6.45, 7) is 0. The van der Waals surface area contributed by atoms with Gasteiger partial charge < -0.3 is 5.73 Å². The molecule has 0 aliphatic carbocycles. The normalized spacial score (nSPS) is 11.6. The Labute approximate surface area is 139 Å². The van der Waals surface area contributed by atoms with Crippen molar-refractivity contribution >= 4 is 52.4 Å². The molecule has 2 aromatic heterocycles. The maximum atomic E-state index is 12.5. The molecule has 2 rings (SSSR count). The van der Waals surface area contributed by atoms with Crippen LogP contribution in [0, 0.1) is 0 Å². The van der Waals surface area contributed by atoms with Gasteiger partial charge >= 0.3 is 6.18 Å². The van der Waals surface area contributed by atoms with Crippen molar-refractivity contribution in [1.29, 1.82) is 0 Å². The summed E-state index contributed by atoms with van der Waals surface area (Å²) in [5.74, 6) is -0.416. The van der Waals surface area contributed by atoms with Gasteiger partial charge in [-0.25, -0.2) is 4.98 Å². The van der Waals surface area contributed by atoms with E-state index in [1.54, 1.807) is 0 Å². The molecule has 0 unspecified atom stereocenters. The molecule has 0 radical (unpaired) electrons. The third-order valence-electron chi connectivity index (χ3n) is 2.04. The second-order valence-electron chi connectivity index (χ2n) is 3.70. The van der Waals surface area contributed by atoms with Crippen molar-refractivity contribution in [3.05, 3.63) is 22.8 Å². The largest absolute Gasteiger partial charge is 0.417 e. The van der Waals surface area contributed by atoms with E-state index in [1.165, 1.54) is 0 Å². The van der Waals surface area contributed by atoms with Crippen molar-refractivity contribution in [3.8, 4) is 0 Å². The fraction of sp³-hybridized carbons (Fsp3) is 0.200. The number of nitrogens with zero attached hydrogens (tertiary/aromatic N) is 3. The summed E-state index contributed by atoms with van der Waals surface area (Å²) in [7, 11) is 0. The lowest BCUT2D eigenvalue weighted by atomic mass is 10.3. The fourth-order valence-electron chi connectivity index (χ4n) is 1.17. The average molecular weight is 387 g/mol. The third kappa shape index (κ3) is 4.73. The molecule has 0 saturated carbocycles. The molecule has 0 aromatic carbocycles. The highest BCUT2D eigenvalue weighted by molar-refractivity contribution is 8.03. The van der Waals surface area contributed by atoms with Crippen LogP contribution in [0.3, 0.4) is 0 Å². The number of alkyl halides is 3. The first kappa shape index (κ1) is 17.3. The first-order valence-electron chi connectivity index (χ1n) is 5.41. The van der Waals surface area contributed by atoms with Crippen LogP contribution in [-0.2, 0) is 11.0 Å². The minimum absolute atomic E-state index is 0.0680. The first-order chi connectivity index (χ1) is 10.3. The minimum atomic E-state index is -4.50. The van der Waals surface area contributed by atoms with Crippen molar-refractivity contribution in [3.63, 3.8) is 0 Å². The van der Waals surface area contributed by atoms with Crippen LogP contribution in [0.4, 0.5) is 13.2 Å². The molecule has 0 bridgehead atoms. The number of carbonyl (C=O) groups excluding carboxylic acids is 1. The van der Waals surface area contributed by atoms with E-state index >= 15 is 0 Å². The molecule has 0 atom stereocenters. The van der Waals surface area contributed by atoms with Gasteiger partial charge in [0.25, 0.3) is 0 Å². The zero-order chi connectivity index (χ0) is 16.3. The number of halogens is 4. The Kier molecular flexibility index (Phi) is 5.53. The number of carbonyl (C=O) groups is 1. The molecular weight excluding hydrogens is 381 g/mol. The Bertz CT molecular complexity index is 694. The van der Waals surface area contributed by atoms with Crippen molar-refractivity contribution in [2.24, 2.45) is 5.73 Å². The number of pyridine rings is 1. The quantitative estimate of drug-likeness (QED) is 0.794. The Morgan fingerprint density at radius 3 is 2.64 bits per heavy atom. The summed E-state index contributed by atoms with van der Waals surface area (Å²) < 4.78 is 38.5. The Morgan fingerprint density at radius 1 is 1.36 bits per heavy atom. The van der Waals surface area contributed by atoms with E-state index in [9.17, 15) is 18.0 Å². The van der Waals surface area contributed by atoms with Gasteiger partial charge in [-0.15, -0.1) is 10.2 Å². The fourth-order valence-corrected chi connectivity index (χ4v) is 4.08. The van der Waals surface area contributed by atoms with E-state index in [-0.39, 0.29) is 15.8 Å². The molecule has 2 heterocycles. The first-order valence-corrected chi connectivity index (χ1v) is 8.40. The van der Waals surface area contributed by atoms with Crippen LogP contribution < -0.4 is 5.73 Å². The van der Waals surface area contributed by atoms with Crippen LogP contribution in [0.25, 0.3) is 0 Å². The predicted molar refractivity (Wildman–Crippen MR) is 78.2 cm³/mol. The Morgan fingerprint density at radius 2 is 2.05 bits per heavy atom. The van der Waals surface area contributed by atoms with Crippen molar-refractivity contribution in [2.75, 3.05) is 5.75 Å². The van der Waals surface area contributed by atoms with Gasteiger partial charge in [-0.3, -0.25) is 4.79 Å². The van der Waals surface area contributed by atoms with Gasteiger partial charge in [0.15, 0.2) is 8.68 Å². The number of amides is 1. The summed E-state index contributed by atoms with van der Waals surface area (Å²) >= 11 is 9.08. The number of hydrogen-bond acceptors (Lipinski definition) is 7. The second kappa shape index (κ2) is 7.02. The van der Waals surface area contributed by atoms with Crippen LogP contribution in [0.2, 0.25) is 5.02 Å². The van der Waals surface area contributed by atoms with Crippen molar-refractivity contribution in [1.82, 2.24) is 15.2 Å². The SMILES string of the molecule is NC(=O)CSc1nnc(Sc2ncc(C(F)(F)F)cc2Cl)s1. The number of thioether (sulfide) groups is 1. The number of rotatable bonds is 5. The molecule has 1 amide bonds. The van der Waals surface area contributed by atoms with Crippen LogP contribution in [0.1, 0.15) is 5.56 Å². The summed E-state index contributed by atoms with van der Waals surface area (Å²) in [6.07, 6.45) is -3.79. The van der Waals surface area contributed by atoms with Gasteiger partial charge in [0.2, 0.25) is 5.91 Å². The van der Waals surface area contributed by atoms with E-state index < -0.39 is 17.6 Å². The maximum absolute atomic E-state index is 12.5. The Balaban J connectivity index is 2.09. The smallest absolute Gasteiger partial charge is 0.369 e. The molecule has 0 spiro atoms. The molecule has 0 fully saturated rings. The van der Waals surface area contributed by atoms with Gasteiger partial charge in [-0.1, -0.05) is 34.7 Å². The topological polar surface area (TPSA) is 81.8 Å². The molecule has 22 heavy (non-hydrogen) atoms. The average Bonchev–Trinajstić information content (AvgIpc) is 2.85. The molecule has 0 aliphatic rings. The summed E-state index contributed by atoms with van der Waals surface area (Å²) in [5, 5.41) is 7.73. The molecule has 5 nitrogen and oxygen atoms in total. The van der Waals surface area contributed by atoms with Crippen LogP contribution in [0.15, 0.2) is 26.0 Å². The lowest BCUT2D eigenvalue weighted by molar-refractivity contribution is -0.137. The van der Waals surface area contributed by atoms with Crippen LogP contribution in [-0.4, -0.2) is 26.8 Å². The molecule has 0 aliphatic heterocycles. The lowest BCUT2D eigenvalue weighted by Crippen LogP contribution is -2.12. The molecule has 2 aromatic rings. The van der Waals surface area contributed by atoms with Crippen molar-refractivity contribution in [2.45, 2.75) is 19.9 Å². The number of hydrogen-bond donors (Lipinski definition) is 1. The van der Waals surface area contributed by atoms with E-state index in [0.29, 0.717) is 14.9 Å². The van der Waals surface area contributed by atoms with Crippen LogP contribution >= 0.6 is 46.5 Å². The lowest BCUT2D eigenvalue weighted by Gasteiger charge is -2.07. The third-order valence-corrected chi connectivity index (χ3v) is 5.59. The highest BCUT2D eigenvalue weighted by Crippen LogP contribution is 2.38. The zero-order valence-corrected chi connectivity index (χ0v) is 13.6. The van der Waals surface area contributed by atoms with E-state index in [1.807, 2.05) is 0 Å². The van der Waals surface area contributed by atoms with Gasteiger partial charge in [-0.2, -0.15) is 13.2 Å². The van der Waals surface area contributed by atoms with Gasteiger partial charge in [0.05, 0.1) is 16.3 Å². The molecular formula is C10H6ClF3N4OS3. The highest BCUT2D eigenvalue weighted by atomic mass is 35.5. The summed E-state index contributed by atoms with van der Waals surface area (Å²) in [4.78, 5) is 14.4. The van der Waals surface area contributed by atoms with E-state index in [2.05, 4.69) is 15.2 Å². The van der Waals surface area contributed by atoms with Crippen molar-refractivity contribution < 1.29 is 18.0 Å². The van der Waals surface area contributed by atoms with Gasteiger partial charge in [0, 0.05) is 6.20 Å². The van der Waals surface area contributed by atoms with Crippen LogP contribution in [0.5, 0.6) is 0 Å². The molecule has 2 N–H and O–H groups in total. The predicted octanol–water partition coefficient (Wildman–Crippen LogP) is 3.33. The monoisotopic (exact) mass is 386 g/mol. The van der Waals surface area contributed by atoms with Gasteiger partial charge in [0.1, 0.15) is 5.03 Å². The standard InChI is InChI=1S/C10H6ClF3N4OS3/c11-5-1-4(10(12,13)14)2-16-7(5)21-9-18-17-8(22-9)20-3-6(15)19/h1-2H,3H2,(H2,15,19). The Hall–Kier alpha value is -1.04. The van der Waals surface area contributed by atoms with Gasteiger partial charge in [-0.05, 0) is 17.8 Å². The summed E-state index contributed by atoms with van der Waals surface area (Å²) in [6, 6.07) is 0.806. The number of aromatic nitrogens is 3. The maximum Gasteiger partial charge on any atom is 0.417 e. The summed E-state index contributed by atoms with van der Waals surface area (Å²) in [5.41, 5.74) is 4.09. The molecule has 118 valence electrons. The zero-order valence-electron chi connectivity index (χ0n) is 10.4. The second-order valence-corrected chi connectivity index (χ2v) is 7.54. The van der Waals surface area contributed by atoms with E-state index in [4.69, 9.17) is 17.3 Å². The molecule has 12 heteroatoms. The minimum Gasteiger partial charge on any atom is -0.369 e. The molecule has 0 saturated heterocycles. The van der Waals surface area contributed by atoms with E-state index in [0.717, 1.165) is 40.9 Å². The highest BCUT2D eigenvalue weighted by Gasteiger charge is 2.31. The number of nitrogens with two attached hydrogens (primary N) is 1. The number of primary amides is 1.